The number of halogens is 2. The van der Waals surface area contributed by atoms with Crippen LogP contribution in [0.2, 0.25) is 0 Å². The number of nitrogens with one attached hydrogen (secondary N) is 1. The summed E-state index contributed by atoms with van der Waals surface area (Å²) in [5.74, 6) is 0.148. The largest absolute Gasteiger partial charge is 0.497 e. The Kier molecular flexibility index (Phi) is 6.12. The first-order chi connectivity index (χ1) is 15.9. The minimum Gasteiger partial charge on any atom is -0.497 e. The average molecular weight is 453 g/mol. The number of rotatable bonds is 7. The number of carbonyl (C=O) groups excluding carboxylic acids is 1. The molecule has 4 aromatic rings. The fourth-order valence-corrected chi connectivity index (χ4v) is 3.66. The molecule has 1 amide bonds. The van der Waals surface area contributed by atoms with Crippen LogP contribution in [0.1, 0.15) is 0 Å². The molecule has 0 aliphatic rings. The Labute approximate surface area is 187 Å². The number of methoxy groups -OCH3 is 1. The zero-order chi connectivity index (χ0) is 23.5. The molecule has 4 rings (SSSR count). The van der Waals surface area contributed by atoms with Crippen molar-refractivity contribution in [3.05, 3.63) is 77.2 Å². The molecule has 0 unspecified atom stereocenters. The van der Waals surface area contributed by atoms with Crippen LogP contribution in [-0.2, 0) is 18.4 Å². The van der Waals surface area contributed by atoms with Gasteiger partial charge in [0.15, 0.2) is 0 Å². The lowest BCUT2D eigenvalue weighted by molar-refractivity contribution is -0.116. The molecule has 0 saturated heterocycles. The van der Waals surface area contributed by atoms with E-state index in [-0.39, 0.29) is 18.0 Å². The first-order valence-electron chi connectivity index (χ1n) is 10.0. The molecule has 0 aliphatic heterocycles. The molecule has 0 saturated carbocycles. The SMILES string of the molecule is COc1ccc(-c2cc(NC(=O)Cn3c(=O)n(C)c4ccccc43)ccc2OC(F)F)cc1. The summed E-state index contributed by atoms with van der Waals surface area (Å²) >= 11 is 0. The van der Waals surface area contributed by atoms with Crippen LogP contribution < -0.4 is 20.5 Å². The molecule has 0 spiro atoms. The van der Waals surface area contributed by atoms with E-state index in [1.54, 1.807) is 55.6 Å². The first kappa shape index (κ1) is 22.1. The first-order valence-corrected chi connectivity index (χ1v) is 10.0. The van der Waals surface area contributed by atoms with Gasteiger partial charge in [-0.25, -0.2) is 4.79 Å². The Morgan fingerprint density at radius 3 is 2.39 bits per heavy atom. The molecular formula is C24H21F2N3O4. The van der Waals surface area contributed by atoms with E-state index in [9.17, 15) is 18.4 Å². The van der Waals surface area contributed by atoms with Crippen molar-refractivity contribution in [3.63, 3.8) is 0 Å². The minimum atomic E-state index is -3.00. The highest BCUT2D eigenvalue weighted by Gasteiger charge is 2.16. The number of carbonyl (C=O) groups is 1. The highest BCUT2D eigenvalue weighted by molar-refractivity contribution is 5.93. The van der Waals surface area contributed by atoms with Crippen LogP contribution in [0.5, 0.6) is 11.5 Å². The lowest BCUT2D eigenvalue weighted by Crippen LogP contribution is -2.28. The lowest BCUT2D eigenvalue weighted by atomic mass is 10.0. The second-order valence-electron chi connectivity index (χ2n) is 7.28. The molecule has 170 valence electrons. The summed E-state index contributed by atoms with van der Waals surface area (Å²) in [6, 6.07) is 18.3. The number of nitrogens with zero attached hydrogens (tertiary/aromatic N) is 2. The van der Waals surface area contributed by atoms with Crippen LogP contribution in [0.4, 0.5) is 14.5 Å². The van der Waals surface area contributed by atoms with Gasteiger partial charge in [-0.2, -0.15) is 8.78 Å². The van der Waals surface area contributed by atoms with E-state index >= 15 is 0 Å². The average Bonchev–Trinajstić information content (AvgIpc) is 3.05. The quantitative estimate of drug-likeness (QED) is 0.454. The number of benzene rings is 3. The third kappa shape index (κ3) is 4.57. The summed E-state index contributed by atoms with van der Waals surface area (Å²) in [7, 11) is 3.17. The lowest BCUT2D eigenvalue weighted by Gasteiger charge is -2.14. The number of fused-ring (bicyclic) bond motifs is 1. The molecule has 7 nitrogen and oxygen atoms in total. The number of aromatic nitrogens is 2. The minimum absolute atomic E-state index is 0.0292. The number of ether oxygens (including phenoxy) is 2. The second kappa shape index (κ2) is 9.15. The number of para-hydroxylation sites is 2. The Bertz CT molecular complexity index is 1360. The zero-order valence-corrected chi connectivity index (χ0v) is 17.9. The van der Waals surface area contributed by atoms with Crippen LogP contribution in [0.3, 0.4) is 0 Å². The standard InChI is InChI=1S/C24H21F2N3O4/c1-28-19-5-3-4-6-20(19)29(24(28)31)14-22(30)27-16-9-12-21(33-23(25)26)18(13-16)15-7-10-17(32-2)11-8-15/h3-13,23H,14H2,1-2H3,(H,27,30). The van der Waals surface area contributed by atoms with Gasteiger partial charge in [-0.15, -0.1) is 0 Å². The number of imidazole rings is 1. The van der Waals surface area contributed by atoms with E-state index in [4.69, 9.17) is 4.74 Å². The monoisotopic (exact) mass is 453 g/mol. The summed E-state index contributed by atoms with van der Waals surface area (Å²) < 4.78 is 38.5. The predicted octanol–water partition coefficient (Wildman–Crippen LogP) is 4.26. The Balaban J connectivity index is 1.62. The maximum Gasteiger partial charge on any atom is 0.387 e. The van der Waals surface area contributed by atoms with Gasteiger partial charge >= 0.3 is 12.3 Å². The van der Waals surface area contributed by atoms with Crippen LogP contribution >= 0.6 is 0 Å². The topological polar surface area (TPSA) is 74.5 Å². The fourth-order valence-electron chi connectivity index (χ4n) is 3.66. The third-order valence-electron chi connectivity index (χ3n) is 5.23. The maximum absolute atomic E-state index is 12.9. The van der Waals surface area contributed by atoms with Gasteiger partial charge in [0.1, 0.15) is 18.0 Å². The van der Waals surface area contributed by atoms with E-state index in [1.165, 1.54) is 28.4 Å². The molecule has 3 aromatic carbocycles. The third-order valence-corrected chi connectivity index (χ3v) is 5.23. The molecule has 0 atom stereocenters. The molecular weight excluding hydrogens is 432 g/mol. The van der Waals surface area contributed by atoms with Gasteiger partial charge in [0.2, 0.25) is 5.91 Å². The molecule has 1 heterocycles. The predicted molar refractivity (Wildman–Crippen MR) is 121 cm³/mol. The number of hydrogen-bond acceptors (Lipinski definition) is 4. The van der Waals surface area contributed by atoms with Gasteiger partial charge in [-0.05, 0) is 48.0 Å². The number of amides is 1. The van der Waals surface area contributed by atoms with Gasteiger partial charge in [0, 0.05) is 18.3 Å². The maximum atomic E-state index is 12.9. The second-order valence-corrected chi connectivity index (χ2v) is 7.28. The van der Waals surface area contributed by atoms with E-state index in [0.29, 0.717) is 33.6 Å². The molecule has 0 bridgehead atoms. The number of hydrogen-bond donors (Lipinski definition) is 1. The molecule has 0 radical (unpaired) electrons. The van der Waals surface area contributed by atoms with Crippen molar-refractivity contribution in [2.45, 2.75) is 13.2 Å². The smallest absolute Gasteiger partial charge is 0.387 e. The molecule has 9 heteroatoms. The number of aryl methyl sites for hydroxylation is 1. The highest BCUT2D eigenvalue weighted by Crippen LogP contribution is 2.34. The molecule has 1 aromatic heterocycles. The van der Waals surface area contributed by atoms with Gasteiger partial charge < -0.3 is 14.8 Å². The van der Waals surface area contributed by atoms with Crippen LogP contribution in [-0.4, -0.2) is 28.8 Å². The summed E-state index contributed by atoms with van der Waals surface area (Å²) in [6.45, 7) is -3.20. The summed E-state index contributed by atoms with van der Waals surface area (Å²) in [5.41, 5.74) is 2.39. The van der Waals surface area contributed by atoms with Crippen molar-refractivity contribution in [1.29, 1.82) is 0 Å². The van der Waals surface area contributed by atoms with E-state index < -0.39 is 12.5 Å². The Hall–Kier alpha value is -4.14. The summed E-state index contributed by atoms with van der Waals surface area (Å²) in [6.07, 6.45) is 0. The van der Waals surface area contributed by atoms with Gasteiger partial charge in [0.05, 0.1) is 18.1 Å². The van der Waals surface area contributed by atoms with E-state index in [2.05, 4.69) is 10.1 Å². The summed E-state index contributed by atoms with van der Waals surface area (Å²) in [4.78, 5) is 25.3. The van der Waals surface area contributed by atoms with Crippen LogP contribution in [0.15, 0.2) is 71.5 Å². The Morgan fingerprint density at radius 2 is 1.73 bits per heavy atom. The molecule has 0 aliphatic carbocycles. The van der Waals surface area contributed by atoms with Gasteiger partial charge in [-0.1, -0.05) is 24.3 Å². The van der Waals surface area contributed by atoms with Crippen LogP contribution in [0, 0.1) is 0 Å². The molecule has 33 heavy (non-hydrogen) atoms. The van der Waals surface area contributed by atoms with Crippen molar-refractivity contribution in [2.24, 2.45) is 7.05 Å². The number of alkyl halides is 2. The van der Waals surface area contributed by atoms with E-state index in [1.807, 2.05) is 6.07 Å². The summed E-state index contributed by atoms with van der Waals surface area (Å²) in [5, 5.41) is 2.73. The van der Waals surface area contributed by atoms with Crippen molar-refractivity contribution >= 4 is 22.6 Å². The highest BCUT2D eigenvalue weighted by atomic mass is 19.3. The molecule has 1 N–H and O–H groups in total. The van der Waals surface area contributed by atoms with Crippen LogP contribution in [0.25, 0.3) is 22.2 Å². The Morgan fingerprint density at radius 1 is 1.03 bits per heavy atom. The fraction of sp³-hybridized carbons (Fsp3) is 0.167. The van der Waals surface area contributed by atoms with Gasteiger partial charge in [0.25, 0.3) is 0 Å². The van der Waals surface area contributed by atoms with Crippen molar-refractivity contribution in [2.75, 3.05) is 12.4 Å². The van der Waals surface area contributed by atoms with E-state index in [0.717, 1.165) is 0 Å². The van der Waals surface area contributed by atoms with Gasteiger partial charge in [-0.3, -0.25) is 13.9 Å². The van der Waals surface area contributed by atoms with Crippen molar-refractivity contribution in [1.82, 2.24) is 9.13 Å². The van der Waals surface area contributed by atoms with Crippen molar-refractivity contribution < 1.29 is 23.0 Å². The van der Waals surface area contributed by atoms with Crippen molar-refractivity contribution in [3.8, 4) is 22.6 Å². The zero-order valence-electron chi connectivity index (χ0n) is 17.9. The number of anilines is 1. The normalized spacial score (nSPS) is 11.1. The molecule has 0 fully saturated rings.